The van der Waals surface area contributed by atoms with Crippen molar-refractivity contribution in [1.29, 1.82) is 0 Å². The first-order chi connectivity index (χ1) is 8.22. The highest BCUT2D eigenvalue weighted by molar-refractivity contribution is 5.48. The molecule has 1 rings (SSSR count). The molecule has 0 aliphatic heterocycles. The molecule has 0 fully saturated rings. The molecule has 6 heteroatoms. The largest absolute Gasteiger partial charge is 0.395 e. The van der Waals surface area contributed by atoms with E-state index in [1.807, 2.05) is 18.7 Å². The van der Waals surface area contributed by atoms with Crippen molar-refractivity contribution in [2.24, 2.45) is 0 Å². The van der Waals surface area contributed by atoms with E-state index in [2.05, 4.69) is 15.3 Å². The minimum Gasteiger partial charge on any atom is -0.395 e. The maximum absolute atomic E-state index is 9.01. The number of hydrogen-bond acceptors (Lipinski definition) is 6. The van der Waals surface area contributed by atoms with Crippen molar-refractivity contribution in [3.8, 4) is 0 Å². The topological polar surface area (TPSA) is 81.5 Å². The van der Waals surface area contributed by atoms with Crippen LogP contribution >= 0.6 is 0 Å². The van der Waals surface area contributed by atoms with E-state index in [0.717, 1.165) is 17.9 Å². The average Bonchev–Trinajstić information content (AvgIpc) is 2.32. The Labute approximate surface area is 101 Å². The van der Waals surface area contributed by atoms with E-state index in [0.29, 0.717) is 19.0 Å². The van der Waals surface area contributed by atoms with Gasteiger partial charge in [-0.2, -0.15) is 4.98 Å². The van der Waals surface area contributed by atoms with Gasteiger partial charge in [0.2, 0.25) is 5.95 Å². The van der Waals surface area contributed by atoms with Crippen molar-refractivity contribution in [3.05, 3.63) is 11.8 Å². The monoisotopic (exact) mass is 240 g/mol. The lowest BCUT2D eigenvalue weighted by molar-refractivity contribution is 0.280. The first-order valence-corrected chi connectivity index (χ1v) is 5.77. The highest BCUT2D eigenvalue weighted by Crippen LogP contribution is 2.17. The van der Waals surface area contributed by atoms with Crippen molar-refractivity contribution >= 4 is 11.8 Å². The molecule has 3 N–H and O–H groups in total. The number of nitrogens with zero attached hydrogens (tertiary/aromatic N) is 3. The third-order valence-electron chi connectivity index (χ3n) is 2.32. The summed E-state index contributed by atoms with van der Waals surface area (Å²) < 4.78 is 0. The quantitative estimate of drug-likeness (QED) is 0.623. The fraction of sp³-hybridized carbons (Fsp3) is 0.636. The number of anilines is 2. The molecule has 0 spiro atoms. The van der Waals surface area contributed by atoms with Gasteiger partial charge in [0.25, 0.3) is 0 Å². The van der Waals surface area contributed by atoms with Gasteiger partial charge in [0, 0.05) is 31.4 Å². The first kappa shape index (κ1) is 13.7. The number of hydrogen-bond donors (Lipinski definition) is 3. The molecular formula is C11H20N4O2. The molecule has 6 nitrogen and oxygen atoms in total. The van der Waals surface area contributed by atoms with Crippen LogP contribution in [0.5, 0.6) is 0 Å². The van der Waals surface area contributed by atoms with E-state index in [1.54, 1.807) is 6.20 Å². The van der Waals surface area contributed by atoms with Crippen molar-refractivity contribution in [3.63, 3.8) is 0 Å². The number of aryl methyl sites for hydroxylation is 1. The number of aliphatic hydroxyl groups excluding tert-OH is 2. The third kappa shape index (κ3) is 3.83. The molecule has 0 aliphatic carbocycles. The van der Waals surface area contributed by atoms with Crippen molar-refractivity contribution in [2.75, 3.05) is 43.1 Å². The lowest BCUT2D eigenvalue weighted by Crippen LogP contribution is -2.31. The summed E-state index contributed by atoms with van der Waals surface area (Å²) in [5, 5.41) is 21.1. The van der Waals surface area contributed by atoms with Crippen LogP contribution in [0.15, 0.2) is 6.20 Å². The summed E-state index contributed by atoms with van der Waals surface area (Å²) in [6, 6.07) is 0. The molecule has 1 aromatic heterocycles. The van der Waals surface area contributed by atoms with Gasteiger partial charge in [-0.1, -0.05) is 0 Å². The summed E-state index contributed by atoms with van der Waals surface area (Å²) in [6.45, 7) is 5.59. The van der Waals surface area contributed by atoms with Crippen molar-refractivity contribution < 1.29 is 10.2 Å². The SMILES string of the molecule is CCNc1ncc(C)c(N(CCO)CCO)n1. The lowest BCUT2D eigenvalue weighted by atomic mass is 10.3. The Balaban J connectivity index is 2.94. The second kappa shape index (κ2) is 7.03. The second-order valence-electron chi connectivity index (χ2n) is 3.66. The van der Waals surface area contributed by atoms with E-state index in [4.69, 9.17) is 10.2 Å². The molecule has 0 aromatic carbocycles. The molecule has 0 atom stereocenters. The van der Waals surface area contributed by atoms with E-state index < -0.39 is 0 Å². The van der Waals surface area contributed by atoms with Crippen LogP contribution in [0.25, 0.3) is 0 Å². The molecular weight excluding hydrogens is 220 g/mol. The van der Waals surface area contributed by atoms with Gasteiger partial charge in [-0.15, -0.1) is 0 Å². The van der Waals surface area contributed by atoms with Gasteiger partial charge in [0.1, 0.15) is 5.82 Å². The highest BCUT2D eigenvalue weighted by Gasteiger charge is 2.11. The van der Waals surface area contributed by atoms with Gasteiger partial charge < -0.3 is 20.4 Å². The Hall–Kier alpha value is -1.40. The van der Waals surface area contributed by atoms with Gasteiger partial charge in [-0.25, -0.2) is 4.98 Å². The molecule has 17 heavy (non-hydrogen) atoms. The minimum atomic E-state index is 0.0278. The Morgan fingerprint density at radius 2 is 1.94 bits per heavy atom. The first-order valence-electron chi connectivity index (χ1n) is 5.77. The number of aromatic nitrogens is 2. The molecule has 0 unspecified atom stereocenters. The predicted octanol–water partition coefficient (Wildman–Crippen LogP) is 0.00782. The van der Waals surface area contributed by atoms with Crippen LogP contribution < -0.4 is 10.2 Å². The van der Waals surface area contributed by atoms with E-state index in [9.17, 15) is 0 Å². The molecule has 0 saturated heterocycles. The maximum atomic E-state index is 9.01. The molecule has 0 bridgehead atoms. The zero-order valence-electron chi connectivity index (χ0n) is 10.3. The Morgan fingerprint density at radius 3 is 2.47 bits per heavy atom. The summed E-state index contributed by atoms with van der Waals surface area (Å²) in [5.74, 6) is 1.31. The van der Waals surface area contributed by atoms with Gasteiger partial charge in [0.05, 0.1) is 13.2 Å². The summed E-state index contributed by atoms with van der Waals surface area (Å²) in [5.41, 5.74) is 0.925. The predicted molar refractivity (Wildman–Crippen MR) is 67.3 cm³/mol. The third-order valence-corrected chi connectivity index (χ3v) is 2.32. The second-order valence-corrected chi connectivity index (χ2v) is 3.66. The fourth-order valence-electron chi connectivity index (χ4n) is 1.56. The van der Waals surface area contributed by atoms with Crippen LogP contribution in [-0.2, 0) is 0 Å². The Morgan fingerprint density at radius 1 is 1.29 bits per heavy atom. The summed E-state index contributed by atoms with van der Waals surface area (Å²) in [4.78, 5) is 10.4. The molecule has 0 amide bonds. The van der Waals surface area contributed by atoms with E-state index in [-0.39, 0.29) is 13.2 Å². The number of rotatable bonds is 7. The zero-order valence-corrected chi connectivity index (χ0v) is 10.3. The highest BCUT2D eigenvalue weighted by atomic mass is 16.3. The average molecular weight is 240 g/mol. The zero-order chi connectivity index (χ0) is 12.7. The molecule has 1 heterocycles. The summed E-state index contributed by atoms with van der Waals surface area (Å²) in [6.07, 6.45) is 1.74. The van der Waals surface area contributed by atoms with E-state index in [1.165, 1.54) is 0 Å². The van der Waals surface area contributed by atoms with Crippen LogP contribution in [0.3, 0.4) is 0 Å². The summed E-state index contributed by atoms with van der Waals surface area (Å²) >= 11 is 0. The van der Waals surface area contributed by atoms with Crippen molar-refractivity contribution in [2.45, 2.75) is 13.8 Å². The molecule has 96 valence electrons. The van der Waals surface area contributed by atoms with E-state index >= 15 is 0 Å². The number of aliphatic hydroxyl groups is 2. The van der Waals surface area contributed by atoms with Crippen LogP contribution in [0.4, 0.5) is 11.8 Å². The Bertz CT molecular complexity index is 340. The van der Waals surface area contributed by atoms with Gasteiger partial charge in [-0.3, -0.25) is 0 Å². The molecule has 1 aromatic rings. The van der Waals surface area contributed by atoms with Crippen molar-refractivity contribution in [1.82, 2.24) is 9.97 Å². The van der Waals surface area contributed by atoms with Gasteiger partial charge in [0.15, 0.2) is 0 Å². The normalized spacial score (nSPS) is 10.4. The molecule has 0 saturated carbocycles. The Kier molecular flexibility index (Phi) is 5.65. The van der Waals surface area contributed by atoms with Gasteiger partial charge >= 0.3 is 0 Å². The van der Waals surface area contributed by atoms with Crippen LogP contribution in [0, 0.1) is 6.92 Å². The van der Waals surface area contributed by atoms with Crippen LogP contribution in [0.1, 0.15) is 12.5 Å². The summed E-state index contributed by atoms with van der Waals surface area (Å²) in [7, 11) is 0. The van der Waals surface area contributed by atoms with Crippen LogP contribution in [0.2, 0.25) is 0 Å². The molecule has 0 aliphatic rings. The number of nitrogens with one attached hydrogen (secondary N) is 1. The fourth-order valence-corrected chi connectivity index (χ4v) is 1.56. The molecule has 0 radical (unpaired) electrons. The van der Waals surface area contributed by atoms with Gasteiger partial charge in [-0.05, 0) is 13.8 Å². The lowest BCUT2D eigenvalue weighted by Gasteiger charge is -2.23. The van der Waals surface area contributed by atoms with Crippen LogP contribution in [-0.4, -0.2) is 53.0 Å². The standard InChI is InChI=1S/C11H20N4O2/c1-3-12-11-13-8-9(2)10(14-11)15(4-6-16)5-7-17/h8,16-17H,3-7H2,1-2H3,(H,12,13,14). The maximum Gasteiger partial charge on any atom is 0.224 e. The smallest absolute Gasteiger partial charge is 0.224 e. The minimum absolute atomic E-state index is 0.0278.